The van der Waals surface area contributed by atoms with Gasteiger partial charge in [-0.2, -0.15) is 18.3 Å². The predicted molar refractivity (Wildman–Crippen MR) is 83.6 cm³/mol. The molecule has 1 aromatic heterocycles. The topological polar surface area (TPSA) is 59.0 Å². The summed E-state index contributed by atoms with van der Waals surface area (Å²) in [5, 5.41) is 9.29. The van der Waals surface area contributed by atoms with Crippen LogP contribution in [0.4, 0.5) is 13.2 Å². The van der Waals surface area contributed by atoms with Gasteiger partial charge in [0.1, 0.15) is 0 Å². The lowest BCUT2D eigenvalue weighted by molar-refractivity contribution is -0.141. The number of carbonyl (C=O) groups is 1. The van der Waals surface area contributed by atoms with Crippen LogP contribution in [0.25, 0.3) is 5.69 Å². The zero-order chi connectivity index (χ0) is 17.6. The van der Waals surface area contributed by atoms with Crippen LogP contribution in [-0.2, 0) is 17.5 Å². The number of rotatable bonds is 7. The highest BCUT2D eigenvalue weighted by Gasteiger charge is 2.33. The number of alkyl halides is 3. The number of hydrogen-bond acceptors (Lipinski definition) is 3. The largest absolute Gasteiger partial charge is 0.435 e. The van der Waals surface area contributed by atoms with E-state index in [1.807, 2.05) is 7.05 Å². The predicted octanol–water partition coefficient (Wildman–Crippen LogP) is 2.51. The van der Waals surface area contributed by atoms with Crippen LogP contribution in [0, 0.1) is 0 Å². The molecule has 130 valence electrons. The Morgan fingerprint density at radius 1 is 1.21 bits per heavy atom. The van der Waals surface area contributed by atoms with Crippen LogP contribution in [0.5, 0.6) is 0 Å². The molecule has 0 aliphatic rings. The first-order valence-corrected chi connectivity index (χ1v) is 7.53. The molecule has 0 radical (unpaired) electrons. The van der Waals surface area contributed by atoms with Crippen LogP contribution in [-0.4, -0.2) is 29.3 Å². The van der Waals surface area contributed by atoms with Gasteiger partial charge in [-0.3, -0.25) is 4.79 Å². The molecule has 0 aliphatic heterocycles. The standard InChI is InChI=1S/C16H19F3N4O/c1-20-9-2-3-15(24)21-11-12-4-6-13(7-5-12)23-10-8-14(22-23)16(17,18)19/h4-8,10,20H,2-3,9,11H2,1H3,(H,21,24). The zero-order valence-corrected chi connectivity index (χ0v) is 13.2. The molecular weight excluding hydrogens is 321 g/mol. The molecule has 0 bridgehead atoms. The van der Waals surface area contributed by atoms with E-state index in [-0.39, 0.29) is 5.91 Å². The van der Waals surface area contributed by atoms with Crippen LogP contribution in [0.3, 0.4) is 0 Å². The summed E-state index contributed by atoms with van der Waals surface area (Å²) in [6.45, 7) is 1.16. The Balaban J connectivity index is 1.91. The fourth-order valence-corrected chi connectivity index (χ4v) is 2.10. The second-order valence-corrected chi connectivity index (χ2v) is 5.29. The molecule has 0 atom stereocenters. The maximum atomic E-state index is 12.5. The molecule has 0 aliphatic carbocycles. The minimum absolute atomic E-state index is 0.0313. The van der Waals surface area contributed by atoms with E-state index in [1.165, 1.54) is 10.9 Å². The van der Waals surface area contributed by atoms with Crippen LogP contribution < -0.4 is 10.6 Å². The first kappa shape index (κ1) is 18.0. The third-order valence-electron chi connectivity index (χ3n) is 3.40. The number of nitrogens with zero attached hydrogens (tertiary/aromatic N) is 2. The van der Waals surface area contributed by atoms with E-state index in [0.29, 0.717) is 18.7 Å². The van der Waals surface area contributed by atoms with E-state index in [0.717, 1.165) is 24.6 Å². The summed E-state index contributed by atoms with van der Waals surface area (Å²) in [6.07, 6.45) is -1.97. The Bertz CT molecular complexity index is 665. The molecule has 2 rings (SSSR count). The molecule has 1 aromatic carbocycles. The Kier molecular flexibility index (Phi) is 5.97. The van der Waals surface area contributed by atoms with Crippen molar-refractivity contribution in [2.24, 2.45) is 0 Å². The number of amides is 1. The number of aromatic nitrogens is 2. The Morgan fingerprint density at radius 2 is 1.92 bits per heavy atom. The number of hydrogen-bond donors (Lipinski definition) is 2. The minimum Gasteiger partial charge on any atom is -0.352 e. The quantitative estimate of drug-likeness (QED) is 0.762. The van der Waals surface area contributed by atoms with Crippen molar-refractivity contribution in [1.29, 1.82) is 0 Å². The van der Waals surface area contributed by atoms with Crippen molar-refractivity contribution in [3.63, 3.8) is 0 Å². The van der Waals surface area contributed by atoms with Crippen LogP contribution in [0.15, 0.2) is 36.5 Å². The number of halogens is 3. The van der Waals surface area contributed by atoms with E-state index in [1.54, 1.807) is 24.3 Å². The summed E-state index contributed by atoms with van der Waals surface area (Å²) in [7, 11) is 1.83. The van der Waals surface area contributed by atoms with Gasteiger partial charge in [-0.15, -0.1) is 0 Å². The average Bonchev–Trinajstić information content (AvgIpc) is 3.04. The molecule has 24 heavy (non-hydrogen) atoms. The van der Waals surface area contributed by atoms with Gasteiger partial charge in [0.25, 0.3) is 0 Å². The fourth-order valence-electron chi connectivity index (χ4n) is 2.10. The van der Waals surface area contributed by atoms with Crippen molar-refractivity contribution in [2.75, 3.05) is 13.6 Å². The van der Waals surface area contributed by atoms with Gasteiger partial charge in [0.05, 0.1) is 5.69 Å². The molecular formula is C16H19F3N4O. The van der Waals surface area contributed by atoms with Crippen molar-refractivity contribution in [2.45, 2.75) is 25.6 Å². The third-order valence-corrected chi connectivity index (χ3v) is 3.40. The lowest BCUT2D eigenvalue weighted by Crippen LogP contribution is -2.23. The minimum atomic E-state index is -4.46. The van der Waals surface area contributed by atoms with Crippen molar-refractivity contribution in [1.82, 2.24) is 20.4 Å². The normalized spacial score (nSPS) is 11.5. The summed E-state index contributed by atoms with van der Waals surface area (Å²) in [5.41, 5.74) is 0.457. The van der Waals surface area contributed by atoms with E-state index in [9.17, 15) is 18.0 Å². The van der Waals surface area contributed by atoms with Crippen molar-refractivity contribution in [3.05, 3.63) is 47.8 Å². The summed E-state index contributed by atoms with van der Waals surface area (Å²) < 4.78 is 38.8. The van der Waals surface area contributed by atoms with Crippen molar-refractivity contribution in [3.8, 4) is 5.69 Å². The summed E-state index contributed by atoms with van der Waals surface area (Å²) in [4.78, 5) is 11.6. The molecule has 1 amide bonds. The molecule has 5 nitrogen and oxygen atoms in total. The third kappa shape index (κ3) is 5.09. The Hall–Kier alpha value is -2.35. The van der Waals surface area contributed by atoms with Crippen LogP contribution >= 0.6 is 0 Å². The molecule has 0 saturated heterocycles. The lowest BCUT2D eigenvalue weighted by atomic mass is 10.2. The van der Waals surface area contributed by atoms with Gasteiger partial charge in [0.15, 0.2) is 5.69 Å². The monoisotopic (exact) mass is 340 g/mol. The van der Waals surface area contributed by atoms with Crippen molar-refractivity contribution < 1.29 is 18.0 Å². The highest BCUT2D eigenvalue weighted by molar-refractivity contribution is 5.75. The van der Waals surface area contributed by atoms with E-state index in [4.69, 9.17) is 0 Å². The Morgan fingerprint density at radius 3 is 2.50 bits per heavy atom. The molecule has 2 aromatic rings. The van der Waals surface area contributed by atoms with Crippen LogP contribution in [0.2, 0.25) is 0 Å². The number of carbonyl (C=O) groups excluding carboxylic acids is 1. The summed E-state index contributed by atoms with van der Waals surface area (Å²) in [5.74, 6) is -0.0313. The Labute approximate surface area is 137 Å². The van der Waals surface area contributed by atoms with Gasteiger partial charge in [-0.05, 0) is 43.8 Å². The summed E-state index contributed by atoms with van der Waals surface area (Å²) in [6, 6.07) is 7.75. The summed E-state index contributed by atoms with van der Waals surface area (Å²) >= 11 is 0. The van der Waals surface area contributed by atoms with E-state index < -0.39 is 11.9 Å². The fraction of sp³-hybridized carbons (Fsp3) is 0.375. The van der Waals surface area contributed by atoms with Gasteiger partial charge in [0, 0.05) is 19.2 Å². The van der Waals surface area contributed by atoms with Gasteiger partial charge in [-0.1, -0.05) is 12.1 Å². The highest BCUT2D eigenvalue weighted by atomic mass is 19.4. The van der Waals surface area contributed by atoms with Gasteiger partial charge in [0.2, 0.25) is 5.91 Å². The molecule has 2 N–H and O–H groups in total. The average molecular weight is 340 g/mol. The zero-order valence-electron chi connectivity index (χ0n) is 13.2. The first-order valence-electron chi connectivity index (χ1n) is 7.53. The van der Waals surface area contributed by atoms with Gasteiger partial charge < -0.3 is 10.6 Å². The molecule has 0 fully saturated rings. The maximum Gasteiger partial charge on any atom is 0.435 e. The molecule has 0 spiro atoms. The lowest BCUT2D eigenvalue weighted by Gasteiger charge is -2.07. The molecule has 0 saturated carbocycles. The number of nitrogens with one attached hydrogen (secondary N) is 2. The van der Waals surface area contributed by atoms with Crippen LogP contribution in [0.1, 0.15) is 24.1 Å². The second kappa shape index (κ2) is 7.96. The highest BCUT2D eigenvalue weighted by Crippen LogP contribution is 2.27. The first-order chi connectivity index (χ1) is 11.4. The van der Waals surface area contributed by atoms with Gasteiger partial charge in [-0.25, -0.2) is 4.68 Å². The molecule has 1 heterocycles. The van der Waals surface area contributed by atoms with E-state index in [2.05, 4.69) is 15.7 Å². The maximum absolute atomic E-state index is 12.5. The molecule has 0 unspecified atom stereocenters. The number of benzene rings is 1. The van der Waals surface area contributed by atoms with Gasteiger partial charge >= 0.3 is 6.18 Å². The SMILES string of the molecule is CNCCCC(=O)NCc1ccc(-n2ccc(C(F)(F)F)n2)cc1. The smallest absolute Gasteiger partial charge is 0.352 e. The van der Waals surface area contributed by atoms with Crippen molar-refractivity contribution >= 4 is 5.91 Å². The second-order valence-electron chi connectivity index (χ2n) is 5.29. The molecule has 8 heteroatoms. The van der Waals surface area contributed by atoms with E-state index >= 15 is 0 Å².